The first-order valence-electron chi connectivity index (χ1n) is 6.56. The van der Waals surface area contributed by atoms with Crippen molar-refractivity contribution in [1.82, 2.24) is 14.5 Å². The van der Waals surface area contributed by atoms with Crippen molar-refractivity contribution in [2.75, 3.05) is 13.7 Å². The highest BCUT2D eigenvalue weighted by Crippen LogP contribution is 2.24. The summed E-state index contributed by atoms with van der Waals surface area (Å²) in [5, 5.41) is 4.11. The highest BCUT2D eigenvalue weighted by Gasteiger charge is 2.19. The van der Waals surface area contributed by atoms with Gasteiger partial charge in [0.25, 0.3) is 0 Å². The van der Waals surface area contributed by atoms with Crippen LogP contribution in [0, 0.1) is 13.8 Å². The number of hydrogen-bond acceptors (Lipinski definition) is 4. The predicted octanol–water partition coefficient (Wildman–Crippen LogP) is 1.49. The van der Waals surface area contributed by atoms with Crippen molar-refractivity contribution in [3.63, 3.8) is 0 Å². The van der Waals surface area contributed by atoms with E-state index in [9.17, 15) is 8.42 Å². The molecule has 1 heterocycles. The number of nitrogens with zero attached hydrogens (tertiary/aromatic N) is 2. The van der Waals surface area contributed by atoms with E-state index in [4.69, 9.17) is 4.74 Å². The summed E-state index contributed by atoms with van der Waals surface area (Å²) in [6, 6.07) is 5.06. The molecule has 2 aromatic rings. The van der Waals surface area contributed by atoms with E-state index in [1.165, 1.54) is 7.11 Å². The lowest BCUT2D eigenvalue weighted by atomic mass is 10.2. The number of aromatic nitrogens is 2. The molecule has 0 bridgehead atoms. The highest BCUT2D eigenvalue weighted by atomic mass is 32.2. The summed E-state index contributed by atoms with van der Waals surface area (Å²) in [5.41, 5.74) is 1.90. The molecule has 0 atom stereocenters. The van der Waals surface area contributed by atoms with Gasteiger partial charge in [0.1, 0.15) is 10.6 Å². The molecule has 0 aliphatic rings. The smallest absolute Gasteiger partial charge is 0.244 e. The zero-order valence-corrected chi connectivity index (χ0v) is 13.1. The van der Waals surface area contributed by atoms with Gasteiger partial charge in [0.15, 0.2) is 0 Å². The molecule has 21 heavy (non-hydrogen) atoms. The van der Waals surface area contributed by atoms with Gasteiger partial charge in [-0.05, 0) is 37.1 Å². The van der Waals surface area contributed by atoms with Crippen LogP contribution in [0.15, 0.2) is 35.5 Å². The molecule has 0 aliphatic carbocycles. The molecule has 0 spiro atoms. The summed E-state index contributed by atoms with van der Waals surface area (Å²) >= 11 is 0. The molecular formula is C14H19N3O3S. The van der Waals surface area contributed by atoms with E-state index in [1.54, 1.807) is 23.0 Å². The second-order valence-electron chi connectivity index (χ2n) is 4.83. The fraction of sp³-hybridized carbons (Fsp3) is 0.357. The van der Waals surface area contributed by atoms with Crippen molar-refractivity contribution in [3.05, 3.63) is 41.7 Å². The van der Waals surface area contributed by atoms with Crippen LogP contribution >= 0.6 is 0 Å². The maximum absolute atomic E-state index is 12.3. The molecule has 1 aromatic carbocycles. The Labute approximate surface area is 124 Å². The molecule has 2 rings (SSSR count). The molecule has 7 heteroatoms. The molecule has 0 aliphatic heterocycles. The largest absolute Gasteiger partial charge is 0.495 e. The van der Waals surface area contributed by atoms with Crippen LogP contribution in [0.3, 0.4) is 0 Å². The maximum atomic E-state index is 12.3. The minimum atomic E-state index is -3.60. The Kier molecular flexibility index (Phi) is 4.64. The van der Waals surface area contributed by atoms with Gasteiger partial charge in [-0.25, -0.2) is 13.1 Å². The minimum absolute atomic E-state index is 0.154. The normalized spacial score (nSPS) is 11.6. The van der Waals surface area contributed by atoms with Gasteiger partial charge in [0.05, 0.1) is 19.9 Å². The molecule has 1 N–H and O–H groups in total. The van der Waals surface area contributed by atoms with Gasteiger partial charge >= 0.3 is 0 Å². The van der Waals surface area contributed by atoms with Crippen molar-refractivity contribution in [1.29, 1.82) is 0 Å². The Morgan fingerprint density at radius 2 is 2.05 bits per heavy atom. The number of benzene rings is 1. The van der Waals surface area contributed by atoms with Crippen LogP contribution in [0.5, 0.6) is 5.75 Å². The maximum Gasteiger partial charge on any atom is 0.244 e. The van der Waals surface area contributed by atoms with Crippen molar-refractivity contribution in [2.45, 2.75) is 25.3 Å². The Balaban J connectivity index is 2.09. The van der Waals surface area contributed by atoms with Crippen molar-refractivity contribution in [2.24, 2.45) is 0 Å². The average Bonchev–Trinajstić information content (AvgIpc) is 2.84. The fourth-order valence-corrected chi connectivity index (χ4v) is 3.23. The molecule has 6 nitrogen and oxygen atoms in total. The van der Waals surface area contributed by atoms with E-state index < -0.39 is 10.0 Å². The van der Waals surface area contributed by atoms with Gasteiger partial charge in [0, 0.05) is 12.7 Å². The highest BCUT2D eigenvalue weighted by molar-refractivity contribution is 7.89. The first-order chi connectivity index (χ1) is 9.92. The van der Waals surface area contributed by atoms with Crippen molar-refractivity contribution in [3.8, 4) is 5.75 Å². The topological polar surface area (TPSA) is 73.2 Å². The summed E-state index contributed by atoms with van der Waals surface area (Å²) < 4.78 is 34.1. The summed E-state index contributed by atoms with van der Waals surface area (Å²) in [7, 11) is -2.15. The number of sulfonamides is 1. The zero-order valence-electron chi connectivity index (χ0n) is 12.3. The second-order valence-corrected chi connectivity index (χ2v) is 6.57. The Bertz CT molecular complexity index is 723. The number of methoxy groups -OCH3 is 1. The van der Waals surface area contributed by atoms with Crippen LogP contribution in [-0.2, 0) is 16.6 Å². The van der Waals surface area contributed by atoms with Crippen LogP contribution in [0.2, 0.25) is 0 Å². The standard InChI is InChI=1S/C14H19N3O3S/c1-11-4-5-13(20-3)14(8-11)21(18,19)16-6-7-17-10-12(2)9-15-17/h4-5,8-10,16H,6-7H2,1-3H3. The van der Waals surface area contributed by atoms with Gasteiger partial charge in [0.2, 0.25) is 10.0 Å². The van der Waals surface area contributed by atoms with Crippen LogP contribution in [0.4, 0.5) is 0 Å². The number of aryl methyl sites for hydroxylation is 2. The monoisotopic (exact) mass is 309 g/mol. The lowest BCUT2D eigenvalue weighted by Gasteiger charge is -2.11. The van der Waals surface area contributed by atoms with Gasteiger partial charge < -0.3 is 4.74 Å². The zero-order chi connectivity index (χ0) is 15.5. The van der Waals surface area contributed by atoms with Crippen LogP contribution in [0.25, 0.3) is 0 Å². The van der Waals surface area contributed by atoms with Crippen LogP contribution in [-0.4, -0.2) is 31.9 Å². The number of hydrogen-bond donors (Lipinski definition) is 1. The molecule has 0 amide bonds. The van der Waals surface area contributed by atoms with E-state index in [-0.39, 0.29) is 11.4 Å². The van der Waals surface area contributed by atoms with Gasteiger partial charge in [-0.2, -0.15) is 5.10 Å². The molecule has 0 saturated heterocycles. The molecule has 114 valence electrons. The van der Waals surface area contributed by atoms with E-state index in [0.29, 0.717) is 12.3 Å². The third-order valence-corrected chi connectivity index (χ3v) is 4.49. The number of ether oxygens (including phenoxy) is 1. The molecule has 0 saturated carbocycles. The summed E-state index contributed by atoms with van der Waals surface area (Å²) in [6.07, 6.45) is 3.60. The van der Waals surface area contributed by atoms with E-state index >= 15 is 0 Å². The SMILES string of the molecule is COc1ccc(C)cc1S(=O)(=O)NCCn1cc(C)cn1. The lowest BCUT2D eigenvalue weighted by molar-refractivity contribution is 0.402. The number of nitrogens with one attached hydrogen (secondary N) is 1. The van der Waals surface area contributed by atoms with Gasteiger partial charge in [-0.1, -0.05) is 6.07 Å². The van der Waals surface area contributed by atoms with Crippen LogP contribution < -0.4 is 9.46 Å². The summed E-state index contributed by atoms with van der Waals surface area (Å²) in [5.74, 6) is 0.336. The Hall–Kier alpha value is -1.86. The van der Waals surface area contributed by atoms with Crippen molar-refractivity contribution >= 4 is 10.0 Å². The second kappa shape index (κ2) is 6.28. The quantitative estimate of drug-likeness (QED) is 0.877. The van der Waals surface area contributed by atoms with Gasteiger partial charge in [-0.3, -0.25) is 4.68 Å². The molecular weight excluding hydrogens is 290 g/mol. The first-order valence-corrected chi connectivity index (χ1v) is 8.04. The minimum Gasteiger partial charge on any atom is -0.495 e. The van der Waals surface area contributed by atoms with Crippen LogP contribution in [0.1, 0.15) is 11.1 Å². The molecule has 1 aromatic heterocycles. The Morgan fingerprint density at radius 1 is 1.29 bits per heavy atom. The summed E-state index contributed by atoms with van der Waals surface area (Å²) in [6.45, 7) is 4.51. The molecule has 0 fully saturated rings. The lowest BCUT2D eigenvalue weighted by Crippen LogP contribution is -2.28. The Morgan fingerprint density at radius 3 is 2.67 bits per heavy atom. The third kappa shape index (κ3) is 3.83. The van der Waals surface area contributed by atoms with E-state index in [1.807, 2.05) is 26.1 Å². The van der Waals surface area contributed by atoms with E-state index in [0.717, 1.165) is 11.1 Å². The number of rotatable bonds is 6. The first kappa shape index (κ1) is 15.5. The summed E-state index contributed by atoms with van der Waals surface area (Å²) in [4.78, 5) is 0.154. The fourth-order valence-electron chi connectivity index (χ4n) is 1.96. The van der Waals surface area contributed by atoms with E-state index in [2.05, 4.69) is 9.82 Å². The molecule has 0 radical (unpaired) electrons. The average molecular weight is 309 g/mol. The molecule has 0 unspecified atom stereocenters. The predicted molar refractivity (Wildman–Crippen MR) is 79.9 cm³/mol. The van der Waals surface area contributed by atoms with Crippen molar-refractivity contribution < 1.29 is 13.2 Å². The third-order valence-electron chi connectivity index (χ3n) is 3.00. The van der Waals surface area contributed by atoms with Gasteiger partial charge in [-0.15, -0.1) is 0 Å².